The number of aryl methyl sites for hydroxylation is 2. The predicted molar refractivity (Wildman–Crippen MR) is 118 cm³/mol. The van der Waals surface area contributed by atoms with Crippen molar-refractivity contribution in [2.45, 2.75) is 43.2 Å². The number of benzene rings is 1. The second-order valence-corrected chi connectivity index (χ2v) is 9.59. The van der Waals surface area contributed by atoms with E-state index in [0.29, 0.717) is 6.42 Å². The van der Waals surface area contributed by atoms with Crippen molar-refractivity contribution in [2.24, 2.45) is 0 Å². The van der Waals surface area contributed by atoms with Crippen molar-refractivity contribution in [1.29, 1.82) is 0 Å². The van der Waals surface area contributed by atoms with Crippen molar-refractivity contribution >= 4 is 23.6 Å². The standard InChI is InChI=1S/C21H24N2O2S.C2HF3O2/c1-16-5-2-3-6-17(16)8-9-20(24)23-14-21(15-23)11-19(13-26-21)25-18-7-4-10-22-12-18;3-2(4,5)1(6)7/h2-7,10,12,19H,8-9,11,13-15H2,1H3;(H,6,7). The molecule has 33 heavy (non-hydrogen) atoms. The van der Waals surface area contributed by atoms with E-state index < -0.39 is 12.1 Å². The lowest BCUT2D eigenvalue weighted by molar-refractivity contribution is -0.192. The quantitative estimate of drug-likeness (QED) is 0.691. The Labute approximate surface area is 194 Å². The summed E-state index contributed by atoms with van der Waals surface area (Å²) in [6.45, 7) is 3.82. The lowest BCUT2D eigenvalue weighted by Gasteiger charge is -2.47. The molecule has 2 saturated heterocycles. The summed E-state index contributed by atoms with van der Waals surface area (Å²) in [4.78, 5) is 27.5. The van der Waals surface area contributed by atoms with Crippen LogP contribution in [-0.2, 0) is 16.0 Å². The summed E-state index contributed by atoms with van der Waals surface area (Å²) < 4.78 is 38.0. The molecule has 0 bridgehead atoms. The largest absolute Gasteiger partial charge is 0.490 e. The summed E-state index contributed by atoms with van der Waals surface area (Å²) in [7, 11) is 0. The molecular formula is C23H25F3N2O4S. The molecule has 3 heterocycles. The smallest absolute Gasteiger partial charge is 0.488 e. The summed E-state index contributed by atoms with van der Waals surface area (Å²) in [6, 6.07) is 12.2. The predicted octanol–water partition coefficient (Wildman–Crippen LogP) is 4.12. The number of halogens is 3. The van der Waals surface area contributed by atoms with E-state index in [1.54, 1.807) is 12.4 Å². The zero-order valence-electron chi connectivity index (χ0n) is 18.0. The van der Waals surface area contributed by atoms with Gasteiger partial charge in [0.15, 0.2) is 0 Å². The topological polar surface area (TPSA) is 79.7 Å². The number of hydrogen-bond donors (Lipinski definition) is 1. The number of aromatic nitrogens is 1. The second kappa shape index (κ2) is 10.5. The molecule has 1 aromatic heterocycles. The first kappa shape index (κ1) is 24.9. The molecule has 0 aliphatic carbocycles. The number of carboxylic acid groups (broad SMARTS) is 1. The van der Waals surface area contributed by atoms with Crippen molar-refractivity contribution in [3.8, 4) is 5.75 Å². The Balaban J connectivity index is 0.000000383. The molecule has 4 rings (SSSR count). The molecule has 1 spiro atoms. The normalized spacial score (nSPS) is 18.8. The first-order chi connectivity index (χ1) is 15.6. The van der Waals surface area contributed by atoms with Crippen LogP contribution < -0.4 is 4.74 Å². The third-order valence-electron chi connectivity index (χ3n) is 5.53. The number of nitrogens with zero attached hydrogens (tertiary/aromatic N) is 2. The van der Waals surface area contributed by atoms with E-state index in [1.165, 1.54) is 11.1 Å². The van der Waals surface area contributed by atoms with E-state index >= 15 is 0 Å². The number of likely N-dealkylation sites (tertiary alicyclic amines) is 1. The van der Waals surface area contributed by atoms with Crippen LogP contribution in [-0.4, -0.2) is 62.7 Å². The maximum Gasteiger partial charge on any atom is 0.490 e. The highest BCUT2D eigenvalue weighted by Crippen LogP contribution is 2.46. The summed E-state index contributed by atoms with van der Waals surface area (Å²) in [6.07, 6.45) is 1.08. The molecular weight excluding hydrogens is 457 g/mol. The van der Waals surface area contributed by atoms with Gasteiger partial charge in [-0.05, 0) is 36.6 Å². The van der Waals surface area contributed by atoms with E-state index in [9.17, 15) is 18.0 Å². The van der Waals surface area contributed by atoms with Crippen LogP contribution in [0.2, 0.25) is 0 Å². The first-order valence-corrected chi connectivity index (χ1v) is 11.4. The summed E-state index contributed by atoms with van der Waals surface area (Å²) >= 11 is 1.96. The molecule has 178 valence electrons. The van der Waals surface area contributed by atoms with Crippen molar-refractivity contribution in [2.75, 3.05) is 18.8 Å². The van der Waals surface area contributed by atoms with Gasteiger partial charge in [-0.15, -0.1) is 11.8 Å². The van der Waals surface area contributed by atoms with Crippen LogP contribution in [0.4, 0.5) is 13.2 Å². The number of pyridine rings is 1. The van der Waals surface area contributed by atoms with Gasteiger partial charge < -0.3 is 14.7 Å². The molecule has 2 aliphatic heterocycles. The molecule has 2 aromatic rings. The van der Waals surface area contributed by atoms with E-state index in [-0.39, 0.29) is 16.8 Å². The number of thioether (sulfide) groups is 1. The number of carbonyl (C=O) groups excluding carboxylic acids is 1. The highest BCUT2D eigenvalue weighted by Gasteiger charge is 2.51. The molecule has 0 saturated carbocycles. The molecule has 1 unspecified atom stereocenters. The molecule has 6 nitrogen and oxygen atoms in total. The summed E-state index contributed by atoms with van der Waals surface area (Å²) in [5.74, 6) is -0.663. The lowest BCUT2D eigenvalue weighted by atomic mass is 9.92. The number of aliphatic carboxylic acids is 1. The first-order valence-electron chi connectivity index (χ1n) is 10.4. The molecule has 1 amide bonds. The van der Waals surface area contributed by atoms with Gasteiger partial charge in [0.05, 0.1) is 10.9 Å². The molecule has 1 atom stereocenters. The number of carboxylic acids is 1. The fourth-order valence-electron chi connectivity index (χ4n) is 3.82. The number of ether oxygens (including phenoxy) is 1. The van der Waals surface area contributed by atoms with Gasteiger partial charge in [-0.2, -0.15) is 13.2 Å². The van der Waals surface area contributed by atoms with Crippen LogP contribution in [0.3, 0.4) is 0 Å². The Morgan fingerprint density at radius 3 is 2.55 bits per heavy atom. The SMILES string of the molecule is Cc1ccccc1CCC(=O)N1CC2(CC(Oc3cccnc3)CS2)C1.O=C(O)C(F)(F)F. The number of hydrogen-bond acceptors (Lipinski definition) is 5. The fourth-order valence-corrected chi connectivity index (χ4v) is 5.35. The molecule has 2 fully saturated rings. The van der Waals surface area contributed by atoms with Crippen molar-refractivity contribution in [3.63, 3.8) is 0 Å². The maximum atomic E-state index is 12.5. The lowest BCUT2D eigenvalue weighted by Crippen LogP contribution is -2.60. The Morgan fingerprint density at radius 2 is 1.94 bits per heavy atom. The van der Waals surface area contributed by atoms with Crippen LogP contribution in [0.5, 0.6) is 5.75 Å². The molecule has 1 aromatic carbocycles. The molecule has 1 N–H and O–H groups in total. The zero-order valence-corrected chi connectivity index (χ0v) is 18.9. The minimum atomic E-state index is -5.08. The van der Waals surface area contributed by atoms with E-state index in [4.69, 9.17) is 14.6 Å². The second-order valence-electron chi connectivity index (χ2n) is 8.11. The minimum absolute atomic E-state index is 0.200. The van der Waals surface area contributed by atoms with Crippen LogP contribution in [0.1, 0.15) is 24.0 Å². The molecule has 0 radical (unpaired) electrons. The highest BCUT2D eigenvalue weighted by molar-refractivity contribution is 8.01. The van der Waals surface area contributed by atoms with Crippen LogP contribution in [0.15, 0.2) is 48.8 Å². The Hall–Kier alpha value is -2.75. The summed E-state index contributed by atoms with van der Waals surface area (Å²) in [5, 5.41) is 7.12. The average Bonchev–Trinajstić information content (AvgIpc) is 3.16. The Kier molecular flexibility index (Phi) is 7.88. The van der Waals surface area contributed by atoms with Gasteiger partial charge in [0.2, 0.25) is 5.91 Å². The number of amides is 1. The van der Waals surface area contributed by atoms with Crippen LogP contribution in [0.25, 0.3) is 0 Å². The molecule has 10 heteroatoms. The third kappa shape index (κ3) is 6.86. The van der Waals surface area contributed by atoms with Gasteiger partial charge in [-0.3, -0.25) is 9.78 Å². The van der Waals surface area contributed by atoms with Crippen LogP contribution >= 0.6 is 11.8 Å². The van der Waals surface area contributed by atoms with Gasteiger partial charge >= 0.3 is 12.1 Å². The van der Waals surface area contributed by atoms with E-state index in [1.807, 2.05) is 40.9 Å². The number of rotatable bonds is 5. The van der Waals surface area contributed by atoms with E-state index in [0.717, 1.165) is 37.4 Å². The Morgan fingerprint density at radius 1 is 1.24 bits per heavy atom. The highest BCUT2D eigenvalue weighted by atomic mass is 32.2. The van der Waals surface area contributed by atoms with Gasteiger partial charge in [-0.1, -0.05) is 24.3 Å². The fraction of sp³-hybridized carbons (Fsp3) is 0.435. The minimum Gasteiger partial charge on any atom is -0.488 e. The van der Waals surface area contributed by atoms with E-state index in [2.05, 4.69) is 24.0 Å². The zero-order chi connectivity index (χ0) is 24.1. The Bertz CT molecular complexity index is 966. The van der Waals surface area contributed by atoms with Crippen molar-refractivity contribution in [1.82, 2.24) is 9.88 Å². The van der Waals surface area contributed by atoms with Crippen molar-refractivity contribution in [3.05, 3.63) is 59.9 Å². The van der Waals surface area contributed by atoms with Crippen LogP contribution in [0, 0.1) is 6.92 Å². The third-order valence-corrected chi connectivity index (χ3v) is 7.11. The van der Waals surface area contributed by atoms with Gasteiger partial charge in [0, 0.05) is 37.9 Å². The van der Waals surface area contributed by atoms with Gasteiger partial charge in [0.25, 0.3) is 0 Å². The van der Waals surface area contributed by atoms with Gasteiger partial charge in [-0.25, -0.2) is 4.79 Å². The maximum absolute atomic E-state index is 12.5. The van der Waals surface area contributed by atoms with Crippen molar-refractivity contribution < 1.29 is 32.6 Å². The van der Waals surface area contributed by atoms with Gasteiger partial charge in [0.1, 0.15) is 11.9 Å². The monoisotopic (exact) mass is 482 g/mol. The number of alkyl halides is 3. The number of carbonyl (C=O) groups is 2. The average molecular weight is 483 g/mol. The molecule has 2 aliphatic rings. The summed E-state index contributed by atoms with van der Waals surface area (Å²) in [5.41, 5.74) is 2.54.